The van der Waals surface area contributed by atoms with Gasteiger partial charge in [-0.05, 0) is 19.1 Å². The molecule has 1 unspecified atom stereocenters. The summed E-state index contributed by atoms with van der Waals surface area (Å²) in [5.41, 5.74) is 6.32. The van der Waals surface area contributed by atoms with E-state index in [1.807, 2.05) is 17.0 Å². The first-order valence-corrected chi connectivity index (χ1v) is 6.90. The zero-order chi connectivity index (χ0) is 11.8. The number of rotatable bonds is 2. The fraction of sp³-hybridized carbons (Fsp3) is 0.455. The summed E-state index contributed by atoms with van der Waals surface area (Å²) in [5, 5.41) is -0.367. The number of nitrogens with two attached hydrogens (primary N) is 1. The number of benzene rings is 1. The SMILES string of the molecule is CC1CN(CCN)c2ccccc2S1(=O)=O. The van der Waals surface area contributed by atoms with E-state index in [0.29, 0.717) is 24.5 Å². The molecule has 5 heteroatoms. The molecule has 0 saturated heterocycles. The van der Waals surface area contributed by atoms with Crippen molar-refractivity contribution in [1.82, 2.24) is 0 Å². The van der Waals surface area contributed by atoms with E-state index < -0.39 is 9.84 Å². The van der Waals surface area contributed by atoms with Gasteiger partial charge in [0.05, 0.1) is 15.8 Å². The van der Waals surface area contributed by atoms with Crippen molar-refractivity contribution in [2.24, 2.45) is 5.73 Å². The van der Waals surface area contributed by atoms with Gasteiger partial charge < -0.3 is 10.6 Å². The highest BCUT2D eigenvalue weighted by Gasteiger charge is 2.33. The standard InChI is InChI=1S/C11H16N2O2S/c1-9-8-13(7-6-12)10-4-2-3-5-11(10)16(9,14)15/h2-5,9H,6-8,12H2,1H3. The molecule has 2 rings (SSSR count). The van der Waals surface area contributed by atoms with Crippen molar-refractivity contribution >= 4 is 15.5 Å². The molecule has 1 heterocycles. The van der Waals surface area contributed by atoms with Crippen molar-refractivity contribution in [1.29, 1.82) is 0 Å². The van der Waals surface area contributed by atoms with Crippen LogP contribution in [0.15, 0.2) is 29.2 Å². The Bertz CT molecular complexity index is 485. The van der Waals surface area contributed by atoms with Crippen LogP contribution in [0.25, 0.3) is 0 Å². The molecule has 16 heavy (non-hydrogen) atoms. The molecule has 0 spiro atoms. The van der Waals surface area contributed by atoms with E-state index in [4.69, 9.17) is 5.73 Å². The van der Waals surface area contributed by atoms with Crippen LogP contribution in [0.4, 0.5) is 5.69 Å². The maximum atomic E-state index is 12.1. The normalized spacial score (nSPS) is 22.9. The summed E-state index contributed by atoms with van der Waals surface area (Å²) in [6.45, 7) is 3.49. The number of para-hydroxylation sites is 1. The molecule has 1 aromatic rings. The van der Waals surface area contributed by atoms with Crippen LogP contribution in [0.3, 0.4) is 0 Å². The van der Waals surface area contributed by atoms with E-state index in [2.05, 4.69) is 0 Å². The molecular weight excluding hydrogens is 224 g/mol. The van der Waals surface area contributed by atoms with Crippen molar-refractivity contribution in [2.75, 3.05) is 24.5 Å². The number of hydrogen-bond acceptors (Lipinski definition) is 4. The lowest BCUT2D eigenvalue weighted by Gasteiger charge is -2.34. The average Bonchev–Trinajstić information content (AvgIpc) is 2.27. The first kappa shape index (κ1) is 11.4. The van der Waals surface area contributed by atoms with Crippen LogP contribution in [0, 0.1) is 0 Å². The highest BCUT2D eigenvalue weighted by molar-refractivity contribution is 7.92. The molecule has 0 aromatic heterocycles. The van der Waals surface area contributed by atoms with Crippen molar-refractivity contribution < 1.29 is 8.42 Å². The summed E-state index contributed by atoms with van der Waals surface area (Å²) in [6, 6.07) is 7.13. The van der Waals surface area contributed by atoms with Crippen LogP contribution in [0.2, 0.25) is 0 Å². The summed E-state index contributed by atoms with van der Waals surface area (Å²) in [5.74, 6) is 0. The second-order valence-electron chi connectivity index (χ2n) is 4.06. The van der Waals surface area contributed by atoms with Crippen LogP contribution in [0.1, 0.15) is 6.92 Å². The lowest BCUT2D eigenvalue weighted by molar-refractivity contribution is 0.573. The van der Waals surface area contributed by atoms with E-state index in [-0.39, 0.29) is 5.25 Å². The molecule has 0 fully saturated rings. The summed E-state index contributed by atoms with van der Waals surface area (Å²) in [6.07, 6.45) is 0. The molecule has 2 N–H and O–H groups in total. The molecule has 4 nitrogen and oxygen atoms in total. The molecule has 1 aromatic carbocycles. The zero-order valence-corrected chi connectivity index (χ0v) is 10.1. The van der Waals surface area contributed by atoms with Gasteiger partial charge in [0.1, 0.15) is 0 Å². The van der Waals surface area contributed by atoms with Gasteiger partial charge in [0.25, 0.3) is 0 Å². The fourth-order valence-corrected chi connectivity index (χ4v) is 3.62. The van der Waals surface area contributed by atoms with Crippen LogP contribution in [0.5, 0.6) is 0 Å². The first-order chi connectivity index (χ1) is 7.57. The number of nitrogens with zero attached hydrogens (tertiary/aromatic N) is 1. The Labute approximate surface area is 96.0 Å². The Balaban J connectivity index is 2.54. The molecule has 0 bridgehead atoms. The topological polar surface area (TPSA) is 63.4 Å². The van der Waals surface area contributed by atoms with E-state index in [1.54, 1.807) is 19.1 Å². The monoisotopic (exact) mass is 240 g/mol. The molecule has 1 aliphatic heterocycles. The van der Waals surface area contributed by atoms with Gasteiger partial charge in [-0.15, -0.1) is 0 Å². The van der Waals surface area contributed by atoms with Gasteiger partial charge in [0, 0.05) is 19.6 Å². The molecule has 0 aliphatic carbocycles. The molecule has 0 amide bonds. The highest BCUT2D eigenvalue weighted by Crippen LogP contribution is 2.32. The maximum Gasteiger partial charge on any atom is 0.184 e. The largest absolute Gasteiger partial charge is 0.368 e. The third-order valence-corrected chi connectivity index (χ3v) is 5.09. The minimum Gasteiger partial charge on any atom is -0.368 e. The van der Waals surface area contributed by atoms with Crippen molar-refractivity contribution in [3.63, 3.8) is 0 Å². The Morgan fingerprint density at radius 3 is 2.81 bits per heavy atom. The summed E-state index contributed by atoms with van der Waals surface area (Å²) in [4.78, 5) is 2.48. The lowest BCUT2D eigenvalue weighted by atomic mass is 10.2. The number of anilines is 1. The highest BCUT2D eigenvalue weighted by atomic mass is 32.2. The second-order valence-corrected chi connectivity index (χ2v) is 6.39. The van der Waals surface area contributed by atoms with Gasteiger partial charge in [0.15, 0.2) is 9.84 Å². The van der Waals surface area contributed by atoms with Crippen molar-refractivity contribution in [3.8, 4) is 0 Å². The summed E-state index contributed by atoms with van der Waals surface area (Å²) in [7, 11) is -3.15. The van der Waals surface area contributed by atoms with E-state index >= 15 is 0 Å². The molecule has 0 radical (unpaired) electrons. The third kappa shape index (κ3) is 1.70. The van der Waals surface area contributed by atoms with Crippen molar-refractivity contribution in [3.05, 3.63) is 24.3 Å². The van der Waals surface area contributed by atoms with Crippen LogP contribution >= 0.6 is 0 Å². The molecule has 88 valence electrons. The van der Waals surface area contributed by atoms with E-state index in [9.17, 15) is 8.42 Å². The minimum absolute atomic E-state index is 0.367. The maximum absolute atomic E-state index is 12.1. The molecule has 1 atom stereocenters. The molecule has 0 saturated carbocycles. The number of sulfone groups is 1. The van der Waals surface area contributed by atoms with Crippen LogP contribution in [-0.4, -0.2) is 33.3 Å². The van der Waals surface area contributed by atoms with Gasteiger partial charge >= 0.3 is 0 Å². The summed E-state index contributed by atoms with van der Waals surface area (Å²) >= 11 is 0. The third-order valence-electron chi connectivity index (χ3n) is 2.92. The van der Waals surface area contributed by atoms with Gasteiger partial charge in [-0.2, -0.15) is 0 Å². The number of fused-ring (bicyclic) bond motifs is 1. The van der Waals surface area contributed by atoms with Gasteiger partial charge in [-0.1, -0.05) is 12.1 Å². The van der Waals surface area contributed by atoms with Crippen LogP contribution < -0.4 is 10.6 Å². The number of hydrogen-bond donors (Lipinski definition) is 1. The predicted octanol–water partition coefficient (Wildman–Crippen LogP) is 0.628. The van der Waals surface area contributed by atoms with Gasteiger partial charge in [-0.3, -0.25) is 0 Å². The lowest BCUT2D eigenvalue weighted by Crippen LogP contribution is -2.43. The quantitative estimate of drug-likeness (QED) is 0.823. The zero-order valence-electron chi connectivity index (χ0n) is 9.26. The van der Waals surface area contributed by atoms with E-state index in [0.717, 1.165) is 5.69 Å². The Kier molecular flexibility index (Phi) is 2.90. The van der Waals surface area contributed by atoms with Gasteiger partial charge in [-0.25, -0.2) is 8.42 Å². The Morgan fingerprint density at radius 1 is 1.44 bits per heavy atom. The fourth-order valence-electron chi connectivity index (χ4n) is 2.05. The first-order valence-electron chi connectivity index (χ1n) is 5.35. The Hall–Kier alpha value is -1.07. The predicted molar refractivity (Wildman–Crippen MR) is 64.4 cm³/mol. The van der Waals surface area contributed by atoms with Crippen molar-refractivity contribution in [2.45, 2.75) is 17.1 Å². The van der Waals surface area contributed by atoms with Crippen LogP contribution in [-0.2, 0) is 9.84 Å². The second kappa shape index (κ2) is 4.07. The summed E-state index contributed by atoms with van der Waals surface area (Å²) < 4.78 is 24.2. The van der Waals surface area contributed by atoms with Gasteiger partial charge in [0.2, 0.25) is 0 Å². The Morgan fingerprint density at radius 2 is 2.12 bits per heavy atom. The smallest absolute Gasteiger partial charge is 0.184 e. The molecule has 1 aliphatic rings. The average molecular weight is 240 g/mol. The minimum atomic E-state index is -3.15. The molecular formula is C11H16N2O2S. The van der Waals surface area contributed by atoms with E-state index in [1.165, 1.54) is 0 Å².